The molecule has 1 rings (SSSR count). The van der Waals surface area contributed by atoms with E-state index in [0.29, 0.717) is 12.0 Å². The second-order valence-corrected chi connectivity index (χ2v) is 4.50. The number of rotatable bonds is 7. The Morgan fingerprint density at radius 2 is 1.78 bits per heavy atom. The van der Waals surface area contributed by atoms with Crippen LogP contribution in [0.25, 0.3) is 0 Å². The highest BCUT2D eigenvalue weighted by Gasteiger charge is 2.32. The van der Waals surface area contributed by atoms with E-state index in [1.807, 2.05) is 6.42 Å². The van der Waals surface area contributed by atoms with Crippen molar-refractivity contribution in [3.05, 3.63) is 41.8 Å². The van der Waals surface area contributed by atoms with Gasteiger partial charge in [0.1, 0.15) is 0 Å². The summed E-state index contributed by atoms with van der Waals surface area (Å²) in [5.74, 6) is 0. The van der Waals surface area contributed by atoms with Crippen LogP contribution in [0.5, 0.6) is 0 Å². The lowest BCUT2D eigenvalue weighted by Crippen LogP contribution is -2.09. The van der Waals surface area contributed by atoms with Crippen molar-refractivity contribution in [2.45, 2.75) is 51.6 Å². The van der Waals surface area contributed by atoms with Crippen molar-refractivity contribution in [3.8, 4) is 0 Å². The van der Waals surface area contributed by atoms with Gasteiger partial charge in [-0.2, -0.15) is 13.2 Å². The molecule has 18 heavy (non-hydrogen) atoms. The van der Waals surface area contributed by atoms with E-state index in [4.69, 9.17) is 0 Å². The Morgan fingerprint density at radius 1 is 1.06 bits per heavy atom. The van der Waals surface area contributed by atoms with Gasteiger partial charge in [-0.25, -0.2) is 0 Å². The first-order valence-electron chi connectivity index (χ1n) is 6.52. The second kappa shape index (κ2) is 7.45. The Labute approximate surface area is 107 Å². The maximum Gasteiger partial charge on any atom is 0.416 e. The molecule has 0 N–H and O–H groups in total. The van der Waals surface area contributed by atoms with Gasteiger partial charge in [-0.3, -0.25) is 0 Å². The van der Waals surface area contributed by atoms with Crippen LogP contribution < -0.4 is 0 Å². The van der Waals surface area contributed by atoms with E-state index in [0.717, 1.165) is 25.3 Å². The molecule has 101 valence electrons. The highest BCUT2D eigenvalue weighted by molar-refractivity contribution is 5.30. The lowest BCUT2D eigenvalue weighted by molar-refractivity contribution is -0.138. The first-order valence-corrected chi connectivity index (χ1v) is 6.52. The number of halogens is 3. The first kappa shape index (κ1) is 15.1. The minimum absolute atomic E-state index is 0.375. The lowest BCUT2D eigenvalue weighted by Gasteiger charge is -2.12. The molecular formula is C15H20F3. The minimum atomic E-state index is -4.24. The number of unbranched alkanes of at least 4 members (excludes halogenated alkanes) is 5. The van der Waals surface area contributed by atoms with Crippen LogP contribution in [0.2, 0.25) is 0 Å². The highest BCUT2D eigenvalue weighted by Crippen LogP contribution is 2.32. The van der Waals surface area contributed by atoms with Gasteiger partial charge < -0.3 is 0 Å². The smallest absolute Gasteiger partial charge is 0.166 e. The quantitative estimate of drug-likeness (QED) is 0.572. The van der Waals surface area contributed by atoms with Crippen LogP contribution in [-0.4, -0.2) is 0 Å². The average Bonchev–Trinajstić information content (AvgIpc) is 2.33. The number of hydrogen-bond donors (Lipinski definition) is 0. The molecule has 0 amide bonds. The molecule has 0 heterocycles. The zero-order valence-electron chi connectivity index (χ0n) is 10.8. The second-order valence-electron chi connectivity index (χ2n) is 4.50. The molecule has 3 heteroatoms. The van der Waals surface area contributed by atoms with Crippen LogP contribution in [0.4, 0.5) is 13.2 Å². The van der Waals surface area contributed by atoms with Crippen LogP contribution in [0, 0.1) is 6.42 Å². The van der Waals surface area contributed by atoms with Gasteiger partial charge in [0.05, 0.1) is 5.56 Å². The van der Waals surface area contributed by atoms with E-state index >= 15 is 0 Å². The summed E-state index contributed by atoms with van der Waals surface area (Å²) >= 11 is 0. The van der Waals surface area contributed by atoms with Gasteiger partial charge in [-0.1, -0.05) is 50.8 Å². The third-order valence-electron chi connectivity index (χ3n) is 2.95. The number of hydrogen-bond acceptors (Lipinski definition) is 0. The zero-order valence-corrected chi connectivity index (χ0v) is 10.8. The molecule has 0 aromatic heterocycles. The van der Waals surface area contributed by atoms with Crippen molar-refractivity contribution in [1.29, 1.82) is 0 Å². The fourth-order valence-electron chi connectivity index (χ4n) is 1.95. The monoisotopic (exact) mass is 257 g/mol. The molecular weight excluding hydrogens is 237 g/mol. The predicted molar refractivity (Wildman–Crippen MR) is 68.2 cm³/mol. The molecule has 1 radical (unpaired) electrons. The number of benzene rings is 1. The van der Waals surface area contributed by atoms with Crippen molar-refractivity contribution >= 4 is 0 Å². The highest BCUT2D eigenvalue weighted by atomic mass is 19.4. The van der Waals surface area contributed by atoms with Gasteiger partial charge in [0.25, 0.3) is 0 Å². The van der Waals surface area contributed by atoms with Crippen LogP contribution in [0.1, 0.15) is 50.2 Å². The summed E-state index contributed by atoms with van der Waals surface area (Å²) in [6.07, 6.45) is 3.63. The molecule has 0 fully saturated rings. The van der Waals surface area contributed by atoms with Crippen LogP contribution in [0.15, 0.2) is 24.3 Å². The summed E-state index contributed by atoms with van der Waals surface area (Å²) in [4.78, 5) is 0. The van der Waals surface area contributed by atoms with Crippen molar-refractivity contribution in [1.82, 2.24) is 0 Å². The van der Waals surface area contributed by atoms with Gasteiger partial charge in [-0.05, 0) is 30.9 Å². The molecule has 0 saturated carbocycles. The van der Waals surface area contributed by atoms with E-state index in [1.165, 1.54) is 18.9 Å². The Bertz CT molecular complexity index is 342. The van der Waals surface area contributed by atoms with Crippen LogP contribution in [-0.2, 0) is 12.6 Å². The maximum atomic E-state index is 12.7. The Hall–Kier alpha value is -0.990. The molecule has 0 saturated heterocycles. The van der Waals surface area contributed by atoms with Crippen molar-refractivity contribution in [2.75, 3.05) is 0 Å². The molecule has 0 atom stereocenters. The Balaban J connectivity index is 2.43. The summed E-state index contributed by atoms with van der Waals surface area (Å²) in [5.41, 5.74) is -0.129. The fourth-order valence-corrected chi connectivity index (χ4v) is 1.95. The van der Waals surface area contributed by atoms with Crippen molar-refractivity contribution < 1.29 is 13.2 Å². The molecule has 1 aromatic rings. The van der Waals surface area contributed by atoms with Gasteiger partial charge in [0, 0.05) is 0 Å². The predicted octanol–water partition coefficient (Wildman–Crippen LogP) is 5.42. The van der Waals surface area contributed by atoms with Crippen LogP contribution in [0.3, 0.4) is 0 Å². The molecule has 1 aromatic carbocycles. The number of alkyl halides is 3. The fraction of sp³-hybridized carbons (Fsp3) is 0.533. The van der Waals surface area contributed by atoms with E-state index in [-0.39, 0.29) is 0 Å². The zero-order chi connectivity index (χ0) is 13.4. The van der Waals surface area contributed by atoms with Crippen molar-refractivity contribution in [3.63, 3.8) is 0 Å². The standard InChI is InChI=1S/C15H20F3/c1-2-3-4-5-6-7-10-13-11-8-9-12-14(13)15(16,17)18/h7-9,11-12H,2-6,10H2,1H3. The van der Waals surface area contributed by atoms with Gasteiger partial charge in [0.2, 0.25) is 0 Å². The summed E-state index contributed by atoms with van der Waals surface area (Å²) in [6, 6.07) is 5.81. The molecule has 0 aliphatic heterocycles. The molecule has 0 aliphatic carbocycles. The minimum Gasteiger partial charge on any atom is -0.166 e. The SMILES string of the molecule is CCCCCC[CH]Cc1ccccc1C(F)(F)F. The normalized spacial score (nSPS) is 11.8. The molecule has 0 unspecified atom stereocenters. The summed E-state index contributed by atoms with van der Waals surface area (Å²) in [5, 5.41) is 0. The first-order chi connectivity index (χ1) is 8.55. The average molecular weight is 257 g/mol. The summed E-state index contributed by atoms with van der Waals surface area (Å²) < 4.78 is 38.1. The maximum absolute atomic E-state index is 12.7. The Kier molecular flexibility index (Phi) is 6.23. The van der Waals surface area contributed by atoms with Gasteiger partial charge >= 0.3 is 6.18 Å². The van der Waals surface area contributed by atoms with E-state index < -0.39 is 11.7 Å². The topological polar surface area (TPSA) is 0 Å². The molecule has 0 nitrogen and oxygen atoms in total. The molecule has 0 bridgehead atoms. The van der Waals surface area contributed by atoms with Gasteiger partial charge in [-0.15, -0.1) is 0 Å². The molecule has 0 aliphatic rings. The van der Waals surface area contributed by atoms with Gasteiger partial charge in [0.15, 0.2) is 0 Å². The summed E-state index contributed by atoms with van der Waals surface area (Å²) in [6.45, 7) is 2.14. The van der Waals surface area contributed by atoms with E-state index in [1.54, 1.807) is 12.1 Å². The third kappa shape index (κ3) is 5.11. The van der Waals surface area contributed by atoms with Crippen LogP contribution >= 0.6 is 0 Å². The third-order valence-corrected chi connectivity index (χ3v) is 2.95. The van der Waals surface area contributed by atoms with Crippen molar-refractivity contribution in [2.24, 2.45) is 0 Å². The largest absolute Gasteiger partial charge is 0.416 e. The summed E-state index contributed by atoms with van der Waals surface area (Å²) in [7, 11) is 0. The van der Waals surface area contributed by atoms with E-state index in [2.05, 4.69) is 6.92 Å². The van der Waals surface area contributed by atoms with E-state index in [9.17, 15) is 13.2 Å². The lowest BCUT2D eigenvalue weighted by atomic mass is 10.00. The molecule has 0 spiro atoms. The Morgan fingerprint density at radius 3 is 2.44 bits per heavy atom.